The van der Waals surface area contributed by atoms with Crippen LogP contribution in [0.2, 0.25) is 0 Å². The summed E-state index contributed by atoms with van der Waals surface area (Å²) in [7, 11) is 0. The molecule has 0 amide bonds. The van der Waals surface area contributed by atoms with E-state index in [1.807, 2.05) is 24.3 Å². The molecule has 0 saturated carbocycles. The van der Waals surface area contributed by atoms with Crippen LogP contribution >= 0.6 is 0 Å². The Morgan fingerprint density at radius 2 is 1.89 bits per heavy atom. The van der Waals surface area contributed by atoms with E-state index in [2.05, 4.69) is 0 Å². The molecule has 2 rings (SSSR count). The summed E-state index contributed by atoms with van der Waals surface area (Å²) >= 11 is 0. The number of rotatable bonds is 4. The number of nitro benzene ring substituents is 1. The summed E-state index contributed by atoms with van der Waals surface area (Å²) in [6, 6.07) is 14.5. The van der Waals surface area contributed by atoms with Crippen molar-refractivity contribution < 1.29 is 4.92 Å². The van der Waals surface area contributed by atoms with Crippen molar-refractivity contribution in [2.45, 2.75) is 6.42 Å². The van der Waals surface area contributed by atoms with Gasteiger partial charge < -0.3 is 5.73 Å². The van der Waals surface area contributed by atoms with Gasteiger partial charge in [-0.05, 0) is 30.2 Å². The van der Waals surface area contributed by atoms with E-state index >= 15 is 0 Å². The Hall–Kier alpha value is -2.20. The average Bonchev–Trinajstić information content (AvgIpc) is 2.39. The quantitative estimate of drug-likeness (QED) is 0.662. The summed E-state index contributed by atoms with van der Waals surface area (Å²) in [5, 5.41) is 11.0. The largest absolute Gasteiger partial charge is 0.330 e. The Labute approximate surface area is 105 Å². The lowest BCUT2D eigenvalue weighted by atomic mass is 10.0. The van der Waals surface area contributed by atoms with Crippen molar-refractivity contribution in [1.82, 2.24) is 0 Å². The Balaban J connectivity index is 2.48. The van der Waals surface area contributed by atoms with Crippen LogP contribution in [0.5, 0.6) is 0 Å². The predicted molar refractivity (Wildman–Crippen MR) is 71.3 cm³/mol. The number of benzene rings is 2. The normalized spacial score (nSPS) is 10.3. The third-order valence-corrected chi connectivity index (χ3v) is 2.77. The lowest BCUT2D eigenvalue weighted by molar-refractivity contribution is -0.384. The molecule has 0 fully saturated rings. The van der Waals surface area contributed by atoms with E-state index in [4.69, 9.17) is 5.73 Å². The van der Waals surface area contributed by atoms with Crippen LogP contribution in [-0.2, 0) is 6.42 Å². The number of hydrogen-bond acceptors (Lipinski definition) is 3. The molecule has 2 aromatic carbocycles. The van der Waals surface area contributed by atoms with Crippen molar-refractivity contribution in [2.24, 2.45) is 5.73 Å². The molecule has 0 aliphatic carbocycles. The van der Waals surface area contributed by atoms with Crippen LogP contribution in [0.15, 0.2) is 48.5 Å². The van der Waals surface area contributed by atoms with Crippen molar-refractivity contribution >= 4 is 5.69 Å². The molecule has 0 unspecified atom stereocenters. The minimum Gasteiger partial charge on any atom is -0.330 e. The molecule has 18 heavy (non-hydrogen) atoms. The number of nitrogens with zero attached hydrogens (tertiary/aromatic N) is 1. The van der Waals surface area contributed by atoms with Gasteiger partial charge >= 0.3 is 0 Å². The van der Waals surface area contributed by atoms with Crippen LogP contribution in [-0.4, -0.2) is 11.5 Å². The van der Waals surface area contributed by atoms with E-state index in [0.29, 0.717) is 12.1 Å². The van der Waals surface area contributed by atoms with E-state index in [1.54, 1.807) is 18.2 Å². The van der Waals surface area contributed by atoms with E-state index in [1.165, 1.54) is 6.07 Å². The summed E-state index contributed by atoms with van der Waals surface area (Å²) < 4.78 is 0. The third-order valence-electron chi connectivity index (χ3n) is 2.77. The highest BCUT2D eigenvalue weighted by atomic mass is 16.6. The Morgan fingerprint density at radius 1 is 1.11 bits per heavy atom. The van der Waals surface area contributed by atoms with Crippen molar-refractivity contribution in [3.05, 3.63) is 64.2 Å². The van der Waals surface area contributed by atoms with E-state index in [0.717, 1.165) is 17.5 Å². The molecule has 2 aromatic rings. The van der Waals surface area contributed by atoms with E-state index < -0.39 is 0 Å². The predicted octanol–water partition coefficient (Wildman–Crippen LogP) is 2.76. The fourth-order valence-corrected chi connectivity index (χ4v) is 1.94. The molecule has 0 heterocycles. The van der Waals surface area contributed by atoms with Gasteiger partial charge in [-0.1, -0.05) is 36.4 Å². The zero-order valence-corrected chi connectivity index (χ0v) is 9.87. The van der Waals surface area contributed by atoms with Gasteiger partial charge in [-0.15, -0.1) is 0 Å². The first-order chi connectivity index (χ1) is 8.72. The zero-order valence-electron chi connectivity index (χ0n) is 9.87. The topological polar surface area (TPSA) is 69.2 Å². The molecule has 0 aliphatic rings. The summed E-state index contributed by atoms with van der Waals surface area (Å²) in [4.78, 5) is 10.6. The Morgan fingerprint density at radius 3 is 2.61 bits per heavy atom. The minimum absolute atomic E-state index is 0.127. The Kier molecular flexibility index (Phi) is 3.69. The van der Waals surface area contributed by atoms with Crippen LogP contribution in [0.25, 0.3) is 11.1 Å². The second kappa shape index (κ2) is 5.42. The molecular formula is C14H14N2O2. The zero-order chi connectivity index (χ0) is 13.0. The lowest BCUT2D eigenvalue weighted by Crippen LogP contribution is -2.02. The van der Waals surface area contributed by atoms with Gasteiger partial charge in [-0.25, -0.2) is 0 Å². The molecule has 0 saturated heterocycles. The minimum atomic E-state index is -0.356. The van der Waals surface area contributed by atoms with Gasteiger partial charge in [0.1, 0.15) is 0 Å². The molecular weight excluding hydrogens is 228 g/mol. The van der Waals surface area contributed by atoms with Crippen LogP contribution in [0.3, 0.4) is 0 Å². The van der Waals surface area contributed by atoms with Crippen molar-refractivity contribution in [3.63, 3.8) is 0 Å². The van der Waals surface area contributed by atoms with Gasteiger partial charge in [0.25, 0.3) is 5.69 Å². The maximum Gasteiger partial charge on any atom is 0.277 e. The van der Waals surface area contributed by atoms with Crippen LogP contribution in [0.1, 0.15) is 5.56 Å². The smallest absolute Gasteiger partial charge is 0.277 e. The second-order valence-electron chi connectivity index (χ2n) is 4.01. The Bertz CT molecular complexity index is 567. The molecule has 92 valence electrons. The first kappa shape index (κ1) is 12.3. The summed E-state index contributed by atoms with van der Waals surface area (Å²) in [5.41, 5.74) is 8.23. The average molecular weight is 242 g/mol. The number of nitrogens with two attached hydrogens (primary N) is 1. The first-order valence-electron chi connectivity index (χ1n) is 5.75. The molecule has 0 spiro atoms. The lowest BCUT2D eigenvalue weighted by Gasteiger charge is -2.05. The van der Waals surface area contributed by atoms with Gasteiger partial charge in [-0.2, -0.15) is 0 Å². The fourth-order valence-electron chi connectivity index (χ4n) is 1.94. The highest BCUT2D eigenvalue weighted by molar-refractivity contribution is 5.73. The fraction of sp³-hybridized carbons (Fsp3) is 0.143. The SMILES string of the molecule is NCCc1cccc(-c2ccccc2[N+](=O)[O-])c1. The highest BCUT2D eigenvalue weighted by Crippen LogP contribution is 2.29. The van der Waals surface area contributed by atoms with E-state index in [-0.39, 0.29) is 10.6 Å². The summed E-state index contributed by atoms with van der Waals surface area (Å²) in [5.74, 6) is 0. The van der Waals surface area contributed by atoms with Crippen LogP contribution in [0.4, 0.5) is 5.69 Å². The second-order valence-corrected chi connectivity index (χ2v) is 4.01. The third kappa shape index (κ3) is 2.55. The van der Waals surface area contributed by atoms with Gasteiger partial charge in [0.2, 0.25) is 0 Å². The molecule has 0 atom stereocenters. The van der Waals surface area contributed by atoms with Crippen molar-refractivity contribution in [1.29, 1.82) is 0 Å². The first-order valence-corrected chi connectivity index (χ1v) is 5.75. The van der Waals surface area contributed by atoms with Crippen molar-refractivity contribution in [3.8, 4) is 11.1 Å². The number of hydrogen-bond donors (Lipinski definition) is 1. The summed E-state index contributed by atoms with van der Waals surface area (Å²) in [6.07, 6.45) is 0.772. The molecule has 0 aromatic heterocycles. The maximum absolute atomic E-state index is 11.0. The van der Waals surface area contributed by atoms with Crippen LogP contribution in [0, 0.1) is 10.1 Å². The molecule has 0 aliphatic heterocycles. The number of nitro groups is 1. The molecule has 4 heteroatoms. The van der Waals surface area contributed by atoms with E-state index in [9.17, 15) is 10.1 Å². The van der Waals surface area contributed by atoms with Gasteiger partial charge in [0.15, 0.2) is 0 Å². The van der Waals surface area contributed by atoms with Crippen LogP contribution < -0.4 is 5.73 Å². The van der Waals surface area contributed by atoms with Crippen molar-refractivity contribution in [2.75, 3.05) is 6.54 Å². The molecule has 4 nitrogen and oxygen atoms in total. The molecule has 0 radical (unpaired) electrons. The molecule has 2 N–H and O–H groups in total. The summed E-state index contributed by atoms with van der Waals surface area (Å²) in [6.45, 7) is 0.570. The number of para-hydroxylation sites is 1. The van der Waals surface area contributed by atoms with Gasteiger partial charge in [0, 0.05) is 6.07 Å². The van der Waals surface area contributed by atoms with Gasteiger partial charge in [-0.3, -0.25) is 10.1 Å². The highest BCUT2D eigenvalue weighted by Gasteiger charge is 2.13. The maximum atomic E-state index is 11.0. The standard InChI is InChI=1S/C14H14N2O2/c15-9-8-11-4-3-5-12(10-11)13-6-1-2-7-14(13)16(17)18/h1-7,10H,8-9,15H2. The van der Waals surface area contributed by atoms with Gasteiger partial charge in [0.05, 0.1) is 10.5 Å². The molecule has 0 bridgehead atoms. The monoisotopic (exact) mass is 242 g/mol.